The summed E-state index contributed by atoms with van der Waals surface area (Å²) in [7, 11) is 0. The van der Waals surface area contributed by atoms with Crippen molar-refractivity contribution in [2.45, 2.75) is 12.6 Å². The summed E-state index contributed by atoms with van der Waals surface area (Å²) >= 11 is 0. The van der Waals surface area contributed by atoms with Crippen molar-refractivity contribution >= 4 is 5.91 Å². The molecule has 0 aromatic heterocycles. The van der Waals surface area contributed by atoms with E-state index in [0.717, 1.165) is 0 Å². The number of nitrogens with zero attached hydrogens (tertiary/aromatic N) is 1. The van der Waals surface area contributed by atoms with Crippen molar-refractivity contribution in [1.29, 1.82) is 0 Å². The minimum Gasteiger partial charge on any atom is -0.256 e. The van der Waals surface area contributed by atoms with Crippen LogP contribution >= 0.6 is 0 Å². The van der Waals surface area contributed by atoms with Gasteiger partial charge in [0.1, 0.15) is 17.0 Å². The Hall–Kier alpha value is -1.00. The number of halogens is 1. The largest absolute Gasteiger partial charge is 0.450 e. The Morgan fingerprint density at radius 2 is 2.22 bits per heavy atom. The van der Waals surface area contributed by atoms with E-state index in [1.807, 2.05) is 0 Å². The molecule has 1 fully saturated rings. The van der Waals surface area contributed by atoms with Gasteiger partial charge in [-0.15, -0.1) is 0 Å². The molecule has 0 aromatic rings. The molecule has 1 aliphatic carbocycles. The predicted molar refractivity (Wildman–Crippen MR) is 25.0 cm³/mol. The molecular weight excluding hydrogens is 129 g/mol. The number of carbonyl (C=O) groups is 1. The maximum Gasteiger partial charge on any atom is 0.450 e. The monoisotopic (exact) mass is 133 g/mol. The molecule has 0 saturated heterocycles. The van der Waals surface area contributed by atoms with Crippen LogP contribution in [0.1, 0.15) is 6.42 Å². The Bertz CT molecular complexity index is 169. The maximum absolute atomic E-state index is 11.9. The number of hydrogen-bond donors (Lipinski definition) is 0. The molecule has 1 saturated carbocycles. The van der Waals surface area contributed by atoms with Gasteiger partial charge < -0.3 is 0 Å². The van der Waals surface area contributed by atoms with Crippen LogP contribution in [-0.4, -0.2) is 17.0 Å². The van der Waals surface area contributed by atoms with Crippen LogP contribution in [0.4, 0.5) is 4.39 Å². The molecular formula is C4H4FNO3. The molecule has 5 heteroatoms. The topological polar surface area (TPSA) is 60.2 Å². The smallest absolute Gasteiger partial charge is 0.256 e. The van der Waals surface area contributed by atoms with Crippen molar-refractivity contribution in [1.82, 2.24) is 0 Å². The van der Waals surface area contributed by atoms with Crippen LogP contribution in [0, 0.1) is 16.0 Å². The molecule has 0 radical (unpaired) electrons. The van der Waals surface area contributed by atoms with Gasteiger partial charge in [0.25, 0.3) is 0 Å². The molecule has 0 bridgehead atoms. The summed E-state index contributed by atoms with van der Waals surface area (Å²) in [6.45, 7) is 0. The van der Waals surface area contributed by atoms with E-state index in [-0.39, 0.29) is 6.42 Å². The zero-order valence-electron chi connectivity index (χ0n) is 4.41. The van der Waals surface area contributed by atoms with Gasteiger partial charge in [-0.25, -0.2) is 9.18 Å². The van der Waals surface area contributed by atoms with Crippen LogP contribution < -0.4 is 0 Å². The average molecular weight is 133 g/mol. The molecule has 0 N–H and O–H groups in total. The summed E-state index contributed by atoms with van der Waals surface area (Å²) in [6.07, 6.45) is -1.23. The lowest BCUT2D eigenvalue weighted by Crippen LogP contribution is -2.14. The van der Waals surface area contributed by atoms with E-state index in [2.05, 4.69) is 0 Å². The fourth-order valence-electron chi connectivity index (χ4n) is 0.555. The molecule has 9 heavy (non-hydrogen) atoms. The Morgan fingerprint density at radius 1 is 1.78 bits per heavy atom. The van der Waals surface area contributed by atoms with Crippen LogP contribution in [0.2, 0.25) is 0 Å². The first-order valence-corrected chi connectivity index (χ1v) is 2.45. The van der Waals surface area contributed by atoms with Gasteiger partial charge in [0, 0.05) is 0 Å². The first-order chi connectivity index (χ1) is 4.13. The van der Waals surface area contributed by atoms with Crippen molar-refractivity contribution in [2.75, 3.05) is 0 Å². The van der Waals surface area contributed by atoms with Gasteiger partial charge in [0.05, 0.1) is 0 Å². The van der Waals surface area contributed by atoms with Gasteiger partial charge >= 0.3 is 5.91 Å². The lowest BCUT2D eigenvalue weighted by Gasteiger charge is -1.81. The molecule has 0 heterocycles. The van der Waals surface area contributed by atoms with Gasteiger partial charge in [-0.05, 0) is 6.42 Å². The SMILES string of the molecule is O=C([C@@H]1C[C@@H]1F)[N+](=O)[O-]. The molecule has 4 nitrogen and oxygen atoms in total. The van der Waals surface area contributed by atoms with Gasteiger partial charge in [-0.3, -0.25) is 10.1 Å². The number of amides is 1. The van der Waals surface area contributed by atoms with Crippen LogP contribution in [0.5, 0.6) is 0 Å². The van der Waals surface area contributed by atoms with Crippen molar-refractivity contribution < 1.29 is 14.1 Å². The molecule has 1 rings (SSSR count). The molecule has 0 unspecified atom stereocenters. The Kier molecular flexibility index (Phi) is 1.19. The molecule has 2 atom stereocenters. The first kappa shape index (κ1) is 6.12. The standard InChI is InChI=1S/C4H4FNO3/c5-3-1-2(3)4(7)6(8)9/h2-3H,1H2/t2-,3+/m1/s1. The normalized spacial score (nSPS) is 31.7. The van der Waals surface area contributed by atoms with Crippen molar-refractivity contribution in [2.24, 2.45) is 5.92 Å². The number of carbonyl (C=O) groups excluding carboxylic acids is 1. The summed E-state index contributed by atoms with van der Waals surface area (Å²) in [6, 6.07) is 0. The third-order valence-corrected chi connectivity index (χ3v) is 1.21. The van der Waals surface area contributed by atoms with Crippen molar-refractivity contribution in [3.8, 4) is 0 Å². The lowest BCUT2D eigenvalue weighted by molar-refractivity contribution is -0.404. The van der Waals surface area contributed by atoms with E-state index in [9.17, 15) is 19.3 Å². The molecule has 0 aliphatic heterocycles. The summed E-state index contributed by atoms with van der Waals surface area (Å²) in [4.78, 5) is 18.7. The summed E-state index contributed by atoms with van der Waals surface area (Å²) in [5.74, 6) is -2.14. The zero-order valence-corrected chi connectivity index (χ0v) is 4.41. The van der Waals surface area contributed by atoms with Crippen molar-refractivity contribution in [3.05, 3.63) is 10.1 Å². The van der Waals surface area contributed by atoms with E-state index >= 15 is 0 Å². The fourth-order valence-corrected chi connectivity index (χ4v) is 0.555. The minimum atomic E-state index is -1.26. The third-order valence-electron chi connectivity index (χ3n) is 1.21. The second kappa shape index (κ2) is 1.75. The number of rotatable bonds is 1. The van der Waals surface area contributed by atoms with Crippen LogP contribution in [0.3, 0.4) is 0 Å². The Morgan fingerprint density at radius 3 is 2.33 bits per heavy atom. The Balaban J connectivity index is 2.46. The van der Waals surface area contributed by atoms with Crippen LogP contribution in [-0.2, 0) is 4.79 Å². The number of hydrogen-bond acceptors (Lipinski definition) is 3. The second-order valence-corrected chi connectivity index (χ2v) is 1.95. The average Bonchev–Trinajstić information content (AvgIpc) is 2.44. The summed E-state index contributed by atoms with van der Waals surface area (Å²) in [5.41, 5.74) is 0. The van der Waals surface area contributed by atoms with E-state index in [0.29, 0.717) is 0 Å². The van der Waals surface area contributed by atoms with E-state index in [4.69, 9.17) is 0 Å². The molecule has 1 aliphatic rings. The van der Waals surface area contributed by atoms with Gasteiger partial charge in [-0.2, -0.15) is 0 Å². The van der Waals surface area contributed by atoms with Gasteiger partial charge in [-0.1, -0.05) is 0 Å². The number of alkyl halides is 1. The van der Waals surface area contributed by atoms with E-state index in [1.54, 1.807) is 0 Å². The third kappa shape index (κ3) is 1.04. The van der Waals surface area contributed by atoms with Gasteiger partial charge in [0.2, 0.25) is 0 Å². The molecule has 1 amide bonds. The molecule has 0 aromatic carbocycles. The summed E-state index contributed by atoms with van der Waals surface area (Å²) < 4.78 is 11.9. The fraction of sp³-hybridized carbons (Fsp3) is 0.750. The zero-order chi connectivity index (χ0) is 7.02. The quantitative estimate of drug-likeness (QED) is 0.377. The van der Waals surface area contributed by atoms with Crippen molar-refractivity contribution in [3.63, 3.8) is 0 Å². The Labute approximate surface area is 49.8 Å². The van der Waals surface area contributed by atoms with E-state index < -0.39 is 22.9 Å². The van der Waals surface area contributed by atoms with Gasteiger partial charge in [0.15, 0.2) is 0 Å². The highest BCUT2D eigenvalue weighted by Crippen LogP contribution is 2.34. The highest BCUT2D eigenvalue weighted by molar-refractivity contribution is 5.74. The van der Waals surface area contributed by atoms with Crippen LogP contribution in [0.15, 0.2) is 0 Å². The lowest BCUT2D eigenvalue weighted by atomic mass is 10.4. The highest BCUT2D eigenvalue weighted by atomic mass is 19.1. The minimum absolute atomic E-state index is 0.0276. The molecule has 50 valence electrons. The first-order valence-electron chi connectivity index (χ1n) is 2.45. The predicted octanol–water partition coefficient (Wildman–Crippen LogP) is 0.148. The van der Waals surface area contributed by atoms with E-state index in [1.165, 1.54) is 0 Å². The van der Waals surface area contributed by atoms with Crippen LogP contribution in [0.25, 0.3) is 0 Å². The number of nitro groups is 1. The second-order valence-electron chi connectivity index (χ2n) is 1.95. The maximum atomic E-state index is 11.9. The summed E-state index contributed by atoms with van der Waals surface area (Å²) in [5, 5.41) is 9.62. The highest BCUT2D eigenvalue weighted by Gasteiger charge is 2.50. The molecule has 0 spiro atoms.